The Balaban J connectivity index is 1.91. The number of hydrogen-bond donors (Lipinski definition) is 2. The summed E-state index contributed by atoms with van der Waals surface area (Å²) in [6.07, 6.45) is 1.27. The van der Waals surface area contributed by atoms with Gasteiger partial charge in [-0.3, -0.25) is 0 Å². The second kappa shape index (κ2) is 6.31. The Bertz CT molecular complexity index is 390. The molecule has 0 atom stereocenters. The van der Waals surface area contributed by atoms with Crippen LogP contribution in [0.3, 0.4) is 0 Å². The molecule has 0 aromatic carbocycles. The molecule has 7 nitrogen and oxygen atoms in total. The molecule has 1 saturated heterocycles. The molecule has 1 aromatic rings. The lowest BCUT2D eigenvalue weighted by molar-refractivity contribution is -0.0576. The summed E-state index contributed by atoms with van der Waals surface area (Å²) >= 11 is 0. The number of hydrogen-bond acceptors (Lipinski definition) is 7. The van der Waals surface area contributed by atoms with Crippen LogP contribution in [-0.2, 0) is 11.3 Å². The molecule has 1 aliphatic heterocycles. The van der Waals surface area contributed by atoms with E-state index in [1.54, 1.807) is 4.90 Å². The fourth-order valence-electron chi connectivity index (χ4n) is 2.12. The summed E-state index contributed by atoms with van der Waals surface area (Å²) in [6.45, 7) is 5.10. The van der Waals surface area contributed by atoms with Crippen molar-refractivity contribution in [1.82, 2.24) is 15.5 Å². The molecule has 0 spiro atoms. The molecule has 1 aliphatic rings. The Hall–Kier alpha value is -1.18. The summed E-state index contributed by atoms with van der Waals surface area (Å²) in [7, 11) is 1.85. The minimum absolute atomic E-state index is 0.438. The zero-order chi connectivity index (χ0) is 13.7. The maximum absolute atomic E-state index is 10.4. The molecule has 0 amide bonds. The minimum atomic E-state index is -0.733. The van der Waals surface area contributed by atoms with Crippen molar-refractivity contribution in [2.24, 2.45) is 0 Å². The van der Waals surface area contributed by atoms with Crippen molar-refractivity contribution < 1.29 is 14.3 Å². The summed E-state index contributed by atoms with van der Waals surface area (Å²) in [5.41, 5.74) is -0.733. The summed E-state index contributed by atoms with van der Waals surface area (Å²) in [5.74, 6) is 0.558. The van der Waals surface area contributed by atoms with Gasteiger partial charge in [-0.15, -0.1) is 5.10 Å². The molecule has 19 heavy (non-hydrogen) atoms. The molecule has 0 unspecified atom stereocenters. The number of nitrogens with zero attached hydrogens (tertiary/aromatic N) is 3. The molecule has 0 aliphatic carbocycles. The highest BCUT2D eigenvalue weighted by Crippen LogP contribution is 2.23. The van der Waals surface area contributed by atoms with E-state index >= 15 is 0 Å². The van der Waals surface area contributed by atoms with Gasteiger partial charge in [-0.1, -0.05) is 12.0 Å². The van der Waals surface area contributed by atoms with Crippen LogP contribution < -0.4 is 10.2 Å². The molecule has 1 aromatic heterocycles. The number of anilines is 1. The Morgan fingerprint density at radius 1 is 1.37 bits per heavy atom. The third-order valence-corrected chi connectivity index (χ3v) is 3.26. The molecular formula is C12H22N4O3. The zero-order valence-electron chi connectivity index (χ0n) is 11.6. The number of likely N-dealkylation sites (N-methyl/N-ethyl adjacent to an activating group) is 1. The lowest BCUT2D eigenvalue weighted by Gasteiger charge is -2.34. The van der Waals surface area contributed by atoms with Crippen molar-refractivity contribution in [2.75, 3.05) is 38.3 Å². The summed E-state index contributed by atoms with van der Waals surface area (Å²) < 4.78 is 10.8. The van der Waals surface area contributed by atoms with Gasteiger partial charge in [0, 0.05) is 33.1 Å². The van der Waals surface area contributed by atoms with Crippen LogP contribution in [0.1, 0.15) is 25.7 Å². The van der Waals surface area contributed by atoms with Crippen LogP contribution in [0.4, 0.5) is 6.01 Å². The van der Waals surface area contributed by atoms with E-state index in [0.717, 1.165) is 6.54 Å². The Morgan fingerprint density at radius 3 is 2.79 bits per heavy atom. The summed E-state index contributed by atoms with van der Waals surface area (Å²) in [4.78, 5) is 1.80. The van der Waals surface area contributed by atoms with Crippen LogP contribution in [0.2, 0.25) is 0 Å². The Kier molecular flexibility index (Phi) is 4.73. The van der Waals surface area contributed by atoms with Crippen molar-refractivity contribution in [2.45, 2.75) is 31.9 Å². The molecule has 108 valence electrons. The average Bonchev–Trinajstić information content (AvgIpc) is 2.85. The predicted molar refractivity (Wildman–Crippen MR) is 70.0 cm³/mol. The highest BCUT2D eigenvalue weighted by atomic mass is 16.5. The first-order chi connectivity index (χ1) is 9.13. The van der Waals surface area contributed by atoms with Gasteiger partial charge in [0.1, 0.15) is 0 Å². The molecule has 0 radical (unpaired) electrons. The highest BCUT2D eigenvalue weighted by molar-refractivity contribution is 5.23. The van der Waals surface area contributed by atoms with Crippen molar-refractivity contribution in [1.29, 1.82) is 0 Å². The number of aliphatic hydroxyl groups is 1. The van der Waals surface area contributed by atoms with Crippen LogP contribution in [0.15, 0.2) is 4.42 Å². The van der Waals surface area contributed by atoms with Gasteiger partial charge in [-0.25, -0.2) is 0 Å². The van der Waals surface area contributed by atoms with E-state index in [9.17, 15) is 5.11 Å². The lowest BCUT2D eigenvalue weighted by atomic mass is 9.94. The normalized spacial score (nSPS) is 18.5. The molecule has 2 N–H and O–H groups in total. The first-order valence-corrected chi connectivity index (χ1v) is 6.67. The fraction of sp³-hybridized carbons (Fsp3) is 0.833. The minimum Gasteiger partial charge on any atom is -0.407 e. The topological polar surface area (TPSA) is 83.7 Å². The average molecular weight is 270 g/mol. The quantitative estimate of drug-likeness (QED) is 0.761. The highest BCUT2D eigenvalue weighted by Gasteiger charge is 2.32. The third-order valence-electron chi connectivity index (χ3n) is 3.26. The van der Waals surface area contributed by atoms with E-state index in [1.165, 1.54) is 0 Å². The Labute approximate surface area is 112 Å². The number of nitrogens with one attached hydrogen (secondary N) is 1. The molecule has 2 heterocycles. The maximum atomic E-state index is 10.4. The first kappa shape index (κ1) is 14.2. The second-order valence-electron chi connectivity index (χ2n) is 4.95. The van der Waals surface area contributed by atoms with E-state index in [0.29, 0.717) is 51.1 Å². The largest absolute Gasteiger partial charge is 0.407 e. The second-order valence-corrected chi connectivity index (χ2v) is 4.95. The molecular weight excluding hydrogens is 248 g/mol. The van der Waals surface area contributed by atoms with Gasteiger partial charge in [0.05, 0.1) is 18.7 Å². The standard InChI is InChI=1S/C12H22N4O3/c1-3-13-8-10-14-15-11(19-10)16(2)9-12(17)4-6-18-7-5-12/h13,17H,3-9H2,1-2H3. The van der Waals surface area contributed by atoms with Gasteiger partial charge in [0.2, 0.25) is 5.89 Å². The van der Waals surface area contributed by atoms with Gasteiger partial charge in [-0.05, 0) is 6.54 Å². The Morgan fingerprint density at radius 2 is 2.11 bits per heavy atom. The van der Waals surface area contributed by atoms with Gasteiger partial charge in [-0.2, -0.15) is 0 Å². The van der Waals surface area contributed by atoms with E-state index in [1.807, 2.05) is 14.0 Å². The third kappa shape index (κ3) is 3.89. The van der Waals surface area contributed by atoms with Crippen molar-refractivity contribution in [3.8, 4) is 0 Å². The van der Waals surface area contributed by atoms with Crippen molar-refractivity contribution in [3.05, 3.63) is 5.89 Å². The summed E-state index contributed by atoms with van der Waals surface area (Å²) in [6, 6.07) is 0.438. The van der Waals surface area contributed by atoms with E-state index < -0.39 is 5.60 Å². The maximum Gasteiger partial charge on any atom is 0.318 e. The molecule has 0 bridgehead atoms. The van der Waals surface area contributed by atoms with Gasteiger partial charge in [0.15, 0.2) is 0 Å². The number of aromatic nitrogens is 2. The van der Waals surface area contributed by atoms with Crippen LogP contribution in [-0.4, -0.2) is 54.3 Å². The SMILES string of the molecule is CCNCc1nnc(N(C)CC2(O)CCOCC2)o1. The molecule has 1 fully saturated rings. The van der Waals surface area contributed by atoms with Gasteiger partial charge < -0.3 is 24.5 Å². The first-order valence-electron chi connectivity index (χ1n) is 6.67. The number of ether oxygens (including phenoxy) is 1. The van der Waals surface area contributed by atoms with E-state index in [4.69, 9.17) is 9.15 Å². The van der Waals surface area contributed by atoms with Crippen LogP contribution >= 0.6 is 0 Å². The zero-order valence-corrected chi connectivity index (χ0v) is 11.6. The van der Waals surface area contributed by atoms with Crippen molar-refractivity contribution >= 4 is 6.01 Å². The van der Waals surface area contributed by atoms with Crippen molar-refractivity contribution in [3.63, 3.8) is 0 Å². The molecule has 7 heteroatoms. The van der Waals surface area contributed by atoms with Crippen LogP contribution in [0.5, 0.6) is 0 Å². The molecule has 2 rings (SSSR count). The number of rotatable bonds is 6. The monoisotopic (exact) mass is 270 g/mol. The smallest absolute Gasteiger partial charge is 0.318 e. The van der Waals surface area contributed by atoms with Crippen LogP contribution in [0.25, 0.3) is 0 Å². The molecule has 0 saturated carbocycles. The fourth-order valence-corrected chi connectivity index (χ4v) is 2.12. The summed E-state index contributed by atoms with van der Waals surface area (Å²) in [5, 5.41) is 21.5. The van der Waals surface area contributed by atoms with E-state index in [2.05, 4.69) is 15.5 Å². The van der Waals surface area contributed by atoms with Crippen LogP contribution in [0, 0.1) is 0 Å². The van der Waals surface area contributed by atoms with Gasteiger partial charge >= 0.3 is 6.01 Å². The predicted octanol–water partition coefficient (Wildman–Crippen LogP) is 0.157. The lowest BCUT2D eigenvalue weighted by Crippen LogP contribution is -2.45. The van der Waals surface area contributed by atoms with Gasteiger partial charge in [0.25, 0.3) is 0 Å². The van der Waals surface area contributed by atoms with E-state index in [-0.39, 0.29) is 0 Å².